The molecule has 0 aliphatic heterocycles. The fourth-order valence-electron chi connectivity index (χ4n) is 2.98. The van der Waals surface area contributed by atoms with Crippen molar-refractivity contribution in [3.05, 3.63) is 88.0 Å². The number of benzene rings is 3. The van der Waals surface area contributed by atoms with E-state index in [0.29, 0.717) is 5.69 Å². The minimum absolute atomic E-state index is 0.162. The van der Waals surface area contributed by atoms with Gasteiger partial charge < -0.3 is 5.32 Å². The number of urea groups is 1. The number of carbonyl (C=O) groups excluding carboxylic acids is 2. The summed E-state index contributed by atoms with van der Waals surface area (Å²) in [5, 5.41) is 9.88. The highest BCUT2D eigenvalue weighted by Gasteiger charge is 2.20. The van der Waals surface area contributed by atoms with Gasteiger partial charge in [0, 0.05) is 17.3 Å². The Balaban J connectivity index is 1.54. The van der Waals surface area contributed by atoms with Crippen LogP contribution in [0.4, 0.5) is 19.3 Å². The van der Waals surface area contributed by atoms with Crippen molar-refractivity contribution >= 4 is 51.7 Å². The van der Waals surface area contributed by atoms with Crippen LogP contribution in [0.1, 0.15) is 10.4 Å². The standard InChI is InChI=1S/C21H12Cl2F2N4O2/c22-13-8-12(26-21(31)27-20(30)18-15(24)5-3-6-16(18)25)9-14(23)19(13)29-10-11-4-1-2-7-17(11)28-29/h1-10H,(H2,26,27,30,31). The van der Waals surface area contributed by atoms with Gasteiger partial charge in [-0.15, -0.1) is 0 Å². The molecular formula is C21H12Cl2F2N4O2. The van der Waals surface area contributed by atoms with Crippen molar-refractivity contribution in [1.29, 1.82) is 0 Å². The number of hydrogen-bond acceptors (Lipinski definition) is 3. The molecule has 0 radical (unpaired) electrons. The molecule has 0 atom stereocenters. The van der Waals surface area contributed by atoms with Crippen LogP contribution in [0.5, 0.6) is 0 Å². The monoisotopic (exact) mass is 460 g/mol. The highest BCUT2D eigenvalue weighted by molar-refractivity contribution is 6.38. The molecular weight excluding hydrogens is 449 g/mol. The molecule has 4 rings (SSSR count). The maximum atomic E-state index is 13.7. The molecule has 6 nitrogen and oxygen atoms in total. The largest absolute Gasteiger partial charge is 0.326 e. The maximum Gasteiger partial charge on any atom is 0.326 e. The van der Waals surface area contributed by atoms with Crippen LogP contribution in [0.3, 0.4) is 0 Å². The van der Waals surface area contributed by atoms with E-state index in [9.17, 15) is 18.4 Å². The van der Waals surface area contributed by atoms with Gasteiger partial charge >= 0.3 is 6.03 Å². The number of fused-ring (bicyclic) bond motifs is 1. The number of amides is 3. The average Bonchev–Trinajstić information content (AvgIpc) is 3.10. The Morgan fingerprint density at radius 1 is 0.935 bits per heavy atom. The van der Waals surface area contributed by atoms with Crippen molar-refractivity contribution in [2.75, 3.05) is 5.32 Å². The zero-order chi connectivity index (χ0) is 22.1. The number of aromatic nitrogens is 2. The molecule has 156 valence electrons. The summed E-state index contributed by atoms with van der Waals surface area (Å²) >= 11 is 12.7. The topological polar surface area (TPSA) is 76.0 Å². The van der Waals surface area contributed by atoms with Crippen molar-refractivity contribution < 1.29 is 18.4 Å². The van der Waals surface area contributed by atoms with Gasteiger partial charge in [0.1, 0.15) is 22.9 Å². The summed E-state index contributed by atoms with van der Waals surface area (Å²) in [4.78, 5) is 24.2. The smallest absolute Gasteiger partial charge is 0.308 e. The fourth-order valence-corrected chi connectivity index (χ4v) is 3.64. The highest BCUT2D eigenvalue weighted by atomic mass is 35.5. The first-order chi connectivity index (χ1) is 14.8. The molecule has 0 aliphatic rings. The first-order valence-electron chi connectivity index (χ1n) is 8.83. The van der Waals surface area contributed by atoms with E-state index in [2.05, 4.69) is 10.4 Å². The van der Waals surface area contributed by atoms with Gasteiger partial charge in [0.25, 0.3) is 5.91 Å². The molecule has 1 aromatic heterocycles. The summed E-state index contributed by atoms with van der Waals surface area (Å²) in [5.41, 5.74) is 0.440. The molecule has 10 heteroatoms. The summed E-state index contributed by atoms with van der Waals surface area (Å²) in [5.74, 6) is -3.41. The van der Waals surface area contributed by atoms with Crippen LogP contribution in [-0.2, 0) is 0 Å². The minimum atomic E-state index is -1.23. The third-order valence-electron chi connectivity index (χ3n) is 4.33. The molecule has 0 fully saturated rings. The zero-order valence-corrected chi connectivity index (χ0v) is 17.0. The Bertz CT molecular complexity index is 1260. The van der Waals surface area contributed by atoms with E-state index >= 15 is 0 Å². The molecule has 3 amide bonds. The molecule has 0 unspecified atom stereocenters. The van der Waals surface area contributed by atoms with Crippen LogP contribution >= 0.6 is 23.2 Å². The quantitative estimate of drug-likeness (QED) is 0.419. The van der Waals surface area contributed by atoms with Gasteiger partial charge in [0.15, 0.2) is 0 Å². The molecule has 1 heterocycles. The number of carbonyl (C=O) groups is 2. The SMILES string of the molecule is O=C(NC(=O)c1c(F)cccc1F)Nc1cc(Cl)c(-n2cc3ccccc3n2)c(Cl)c1. The van der Waals surface area contributed by atoms with E-state index in [1.165, 1.54) is 16.8 Å². The summed E-state index contributed by atoms with van der Waals surface area (Å²) in [6.07, 6.45) is 1.75. The van der Waals surface area contributed by atoms with E-state index in [1.807, 2.05) is 29.6 Å². The lowest BCUT2D eigenvalue weighted by Gasteiger charge is -2.12. The van der Waals surface area contributed by atoms with E-state index in [0.717, 1.165) is 29.1 Å². The number of anilines is 1. The van der Waals surface area contributed by atoms with E-state index in [-0.39, 0.29) is 15.7 Å². The van der Waals surface area contributed by atoms with Crippen LogP contribution in [-0.4, -0.2) is 21.7 Å². The van der Waals surface area contributed by atoms with Crippen molar-refractivity contribution in [2.24, 2.45) is 0 Å². The Kier molecular flexibility index (Phi) is 5.58. The molecule has 4 aromatic rings. The Morgan fingerprint density at radius 3 is 2.23 bits per heavy atom. The summed E-state index contributed by atoms with van der Waals surface area (Å²) in [7, 11) is 0. The van der Waals surface area contributed by atoms with E-state index < -0.39 is 29.1 Å². The van der Waals surface area contributed by atoms with Gasteiger partial charge in [-0.2, -0.15) is 5.10 Å². The summed E-state index contributed by atoms with van der Waals surface area (Å²) in [6.45, 7) is 0. The lowest BCUT2D eigenvalue weighted by Crippen LogP contribution is -2.35. The zero-order valence-electron chi connectivity index (χ0n) is 15.5. The van der Waals surface area contributed by atoms with Gasteiger partial charge in [0.2, 0.25) is 0 Å². The second kappa shape index (κ2) is 8.33. The van der Waals surface area contributed by atoms with Crippen LogP contribution in [0.15, 0.2) is 60.8 Å². The number of nitrogens with one attached hydrogen (secondary N) is 2. The highest BCUT2D eigenvalue weighted by Crippen LogP contribution is 2.33. The predicted octanol–water partition coefficient (Wildman–Crippen LogP) is 5.57. The number of imide groups is 1. The predicted molar refractivity (Wildman–Crippen MR) is 114 cm³/mol. The van der Waals surface area contributed by atoms with Crippen LogP contribution in [0, 0.1) is 11.6 Å². The third-order valence-corrected chi connectivity index (χ3v) is 4.91. The van der Waals surface area contributed by atoms with Crippen molar-refractivity contribution in [2.45, 2.75) is 0 Å². The first-order valence-corrected chi connectivity index (χ1v) is 9.59. The Morgan fingerprint density at radius 2 is 1.58 bits per heavy atom. The third kappa shape index (κ3) is 4.21. The van der Waals surface area contributed by atoms with Crippen molar-refractivity contribution in [3.8, 4) is 5.69 Å². The Labute approximate surface area is 184 Å². The van der Waals surface area contributed by atoms with E-state index in [1.54, 1.807) is 6.20 Å². The second-order valence-electron chi connectivity index (χ2n) is 6.43. The maximum absolute atomic E-state index is 13.7. The van der Waals surface area contributed by atoms with Crippen LogP contribution < -0.4 is 10.6 Å². The van der Waals surface area contributed by atoms with Gasteiger partial charge in [-0.25, -0.2) is 18.3 Å². The number of halogens is 4. The molecule has 3 aromatic carbocycles. The molecule has 0 aliphatic carbocycles. The van der Waals surface area contributed by atoms with Gasteiger partial charge in [-0.1, -0.05) is 47.5 Å². The van der Waals surface area contributed by atoms with Gasteiger partial charge in [-0.05, 0) is 30.3 Å². The summed E-state index contributed by atoms with van der Waals surface area (Å²) in [6, 6.07) is 12.2. The fraction of sp³-hybridized carbons (Fsp3) is 0. The van der Waals surface area contributed by atoms with Crippen molar-refractivity contribution in [3.63, 3.8) is 0 Å². The lowest BCUT2D eigenvalue weighted by atomic mass is 10.2. The number of hydrogen-bond donors (Lipinski definition) is 2. The first kappa shape index (κ1) is 20.8. The average molecular weight is 461 g/mol. The number of rotatable bonds is 3. The normalized spacial score (nSPS) is 10.8. The molecule has 0 bridgehead atoms. The van der Waals surface area contributed by atoms with Crippen LogP contribution in [0.2, 0.25) is 10.0 Å². The van der Waals surface area contributed by atoms with E-state index in [4.69, 9.17) is 23.2 Å². The number of nitrogens with zero attached hydrogens (tertiary/aromatic N) is 2. The van der Waals surface area contributed by atoms with Crippen molar-refractivity contribution in [1.82, 2.24) is 15.1 Å². The van der Waals surface area contributed by atoms with Gasteiger partial charge in [0.05, 0.1) is 15.6 Å². The molecule has 0 saturated heterocycles. The molecule has 2 N–H and O–H groups in total. The molecule has 0 saturated carbocycles. The molecule has 31 heavy (non-hydrogen) atoms. The lowest BCUT2D eigenvalue weighted by molar-refractivity contribution is 0.0959. The summed E-state index contributed by atoms with van der Waals surface area (Å²) < 4.78 is 28.9. The Hall–Kier alpha value is -3.49. The molecule has 0 spiro atoms. The minimum Gasteiger partial charge on any atom is -0.308 e. The second-order valence-corrected chi connectivity index (χ2v) is 7.24. The van der Waals surface area contributed by atoms with Crippen LogP contribution in [0.25, 0.3) is 16.6 Å². The van der Waals surface area contributed by atoms with Gasteiger partial charge in [-0.3, -0.25) is 10.1 Å².